The second-order valence-electron chi connectivity index (χ2n) is 8.36. The number of benzene rings is 1. The fourth-order valence-electron chi connectivity index (χ4n) is 3.90. The van der Waals surface area contributed by atoms with Gasteiger partial charge in [-0.1, -0.05) is 41.7 Å². The van der Waals surface area contributed by atoms with Gasteiger partial charge in [0, 0.05) is 26.6 Å². The first-order valence-electron chi connectivity index (χ1n) is 10.9. The molecule has 1 fully saturated rings. The molecule has 32 heavy (non-hydrogen) atoms. The van der Waals surface area contributed by atoms with E-state index >= 15 is 0 Å². The van der Waals surface area contributed by atoms with E-state index < -0.39 is 0 Å². The maximum atomic E-state index is 13.0. The van der Waals surface area contributed by atoms with Gasteiger partial charge in [-0.3, -0.25) is 14.2 Å². The van der Waals surface area contributed by atoms with Crippen LogP contribution in [0.2, 0.25) is 0 Å². The number of fused-ring (bicyclic) bond motifs is 1. The number of carbonyl (C=O) groups excluding carboxylic acids is 1. The van der Waals surface area contributed by atoms with Crippen LogP contribution in [0.5, 0.6) is 6.01 Å². The fraction of sp³-hybridized carbons (Fsp3) is 0.478. The molecular formula is C23H29N5O3S. The van der Waals surface area contributed by atoms with Crippen molar-refractivity contribution >= 4 is 32.6 Å². The highest BCUT2D eigenvalue weighted by Gasteiger charge is 2.32. The van der Waals surface area contributed by atoms with E-state index in [-0.39, 0.29) is 23.4 Å². The molecule has 2 aromatic heterocycles. The summed E-state index contributed by atoms with van der Waals surface area (Å²) in [6.07, 6.45) is 2.98. The molecule has 0 saturated carbocycles. The van der Waals surface area contributed by atoms with E-state index in [0.717, 1.165) is 32.4 Å². The summed E-state index contributed by atoms with van der Waals surface area (Å²) in [5, 5.41) is 0.686. The number of rotatable bonds is 9. The van der Waals surface area contributed by atoms with Crippen LogP contribution in [-0.2, 0) is 18.3 Å². The summed E-state index contributed by atoms with van der Waals surface area (Å²) >= 11 is 1.35. The van der Waals surface area contributed by atoms with E-state index in [1.165, 1.54) is 21.5 Å². The predicted octanol–water partition coefficient (Wildman–Crippen LogP) is 2.50. The lowest BCUT2D eigenvalue weighted by molar-refractivity contribution is -0.120. The molecule has 1 atom stereocenters. The Hall–Kier alpha value is -2.78. The molecule has 170 valence electrons. The van der Waals surface area contributed by atoms with E-state index in [0.29, 0.717) is 28.5 Å². The molecule has 3 heterocycles. The molecule has 0 bridgehead atoms. The third kappa shape index (κ3) is 4.83. The minimum Gasteiger partial charge on any atom is -0.463 e. The SMILES string of the molecule is CN(C)CCOc1nc2sc(N3CCC[C@@H]3C(=O)CCc3ccccc3)nc2c(=O)n1C. The first kappa shape index (κ1) is 22.4. The van der Waals surface area contributed by atoms with Gasteiger partial charge in [-0.15, -0.1) is 0 Å². The number of aromatic nitrogens is 3. The van der Waals surface area contributed by atoms with Gasteiger partial charge in [0.1, 0.15) is 6.61 Å². The van der Waals surface area contributed by atoms with Crippen molar-refractivity contribution in [2.24, 2.45) is 7.05 Å². The number of thiazole rings is 1. The molecule has 8 nitrogen and oxygen atoms in total. The molecule has 0 N–H and O–H groups in total. The second-order valence-corrected chi connectivity index (χ2v) is 9.32. The Kier molecular flexibility index (Phi) is 6.86. The van der Waals surface area contributed by atoms with Gasteiger partial charge in [0.15, 0.2) is 21.3 Å². The third-order valence-electron chi connectivity index (χ3n) is 5.73. The van der Waals surface area contributed by atoms with Crippen LogP contribution >= 0.6 is 11.3 Å². The zero-order chi connectivity index (χ0) is 22.7. The number of ketones is 1. The highest BCUT2D eigenvalue weighted by molar-refractivity contribution is 7.21. The monoisotopic (exact) mass is 455 g/mol. The van der Waals surface area contributed by atoms with E-state index in [4.69, 9.17) is 4.74 Å². The Balaban J connectivity index is 1.52. The van der Waals surface area contributed by atoms with Gasteiger partial charge >= 0.3 is 0 Å². The van der Waals surface area contributed by atoms with E-state index in [2.05, 4.69) is 9.97 Å². The van der Waals surface area contributed by atoms with Crippen LogP contribution in [0, 0.1) is 0 Å². The highest BCUT2D eigenvalue weighted by atomic mass is 32.1. The van der Waals surface area contributed by atoms with Gasteiger partial charge in [-0.25, -0.2) is 4.98 Å². The van der Waals surface area contributed by atoms with Crippen molar-refractivity contribution < 1.29 is 9.53 Å². The molecule has 1 aliphatic rings. The number of likely N-dealkylation sites (N-methyl/N-ethyl adjacent to an activating group) is 1. The van der Waals surface area contributed by atoms with Crippen LogP contribution in [0.1, 0.15) is 24.8 Å². The largest absolute Gasteiger partial charge is 0.463 e. The number of nitrogens with zero attached hydrogens (tertiary/aromatic N) is 5. The topological polar surface area (TPSA) is 80.6 Å². The normalized spacial score (nSPS) is 16.2. The van der Waals surface area contributed by atoms with E-state index in [9.17, 15) is 9.59 Å². The van der Waals surface area contributed by atoms with Gasteiger partial charge in [0.2, 0.25) is 0 Å². The lowest BCUT2D eigenvalue weighted by atomic mass is 10.0. The number of carbonyl (C=O) groups is 1. The average Bonchev–Trinajstić information content (AvgIpc) is 3.43. The van der Waals surface area contributed by atoms with Crippen molar-refractivity contribution in [1.29, 1.82) is 0 Å². The summed E-state index contributed by atoms with van der Waals surface area (Å²) in [6, 6.07) is 10.2. The minimum atomic E-state index is -0.233. The zero-order valence-electron chi connectivity index (χ0n) is 18.8. The predicted molar refractivity (Wildman–Crippen MR) is 127 cm³/mol. The van der Waals surface area contributed by atoms with Crippen molar-refractivity contribution in [2.45, 2.75) is 31.7 Å². The van der Waals surface area contributed by atoms with Gasteiger partial charge < -0.3 is 14.5 Å². The van der Waals surface area contributed by atoms with Crippen LogP contribution in [-0.4, -0.2) is 65.1 Å². The molecular weight excluding hydrogens is 426 g/mol. The Bertz CT molecular complexity index is 1140. The van der Waals surface area contributed by atoms with Crippen molar-refractivity contribution in [3.8, 4) is 6.01 Å². The minimum absolute atomic E-state index is 0.195. The van der Waals surface area contributed by atoms with Gasteiger partial charge in [-0.2, -0.15) is 4.98 Å². The Labute approximate surface area is 191 Å². The van der Waals surface area contributed by atoms with Crippen molar-refractivity contribution in [2.75, 3.05) is 38.7 Å². The average molecular weight is 456 g/mol. The van der Waals surface area contributed by atoms with Gasteiger partial charge in [0.05, 0.1) is 6.04 Å². The highest BCUT2D eigenvalue weighted by Crippen LogP contribution is 2.33. The third-order valence-corrected chi connectivity index (χ3v) is 6.72. The summed E-state index contributed by atoms with van der Waals surface area (Å²) < 4.78 is 7.12. The van der Waals surface area contributed by atoms with Crippen LogP contribution in [0.4, 0.5) is 5.13 Å². The lowest BCUT2D eigenvalue weighted by Crippen LogP contribution is -2.36. The van der Waals surface area contributed by atoms with Crippen LogP contribution < -0.4 is 15.2 Å². The molecule has 4 rings (SSSR count). The number of anilines is 1. The van der Waals surface area contributed by atoms with Crippen molar-refractivity contribution in [3.05, 3.63) is 46.2 Å². The maximum Gasteiger partial charge on any atom is 0.300 e. The molecule has 0 radical (unpaired) electrons. The summed E-state index contributed by atoms with van der Waals surface area (Å²) in [5.41, 5.74) is 1.26. The lowest BCUT2D eigenvalue weighted by Gasteiger charge is -2.22. The molecule has 3 aromatic rings. The van der Waals surface area contributed by atoms with Gasteiger partial charge in [-0.05, 0) is 38.9 Å². The number of aryl methyl sites for hydroxylation is 1. The van der Waals surface area contributed by atoms with E-state index in [1.54, 1.807) is 7.05 Å². The van der Waals surface area contributed by atoms with Gasteiger partial charge in [0.25, 0.3) is 11.6 Å². The molecule has 0 spiro atoms. The molecule has 0 aliphatic carbocycles. The standard InChI is InChI=1S/C23H29N5O3S/c1-26(2)14-15-31-22-25-20-19(21(30)27(22)3)24-23(32-20)28-13-7-10-17(28)18(29)12-11-16-8-5-4-6-9-16/h4-6,8-9,17H,7,10-15H2,1-3H3/t17-/m1/s1. The molecule has 9 heteroatoms. The van der Waals surface area contributed by atoms with Crippen LogP contribution in [0.3, 0.4) is 0 Å². The van der Waals surface area contributed by atoms with Crippen molar-refractivity contribution in [3.63, 3.8) is 0 Å². The summed E-state index contributed by atoms with van der Waals surface area (Å²) in [6.45, 7) is 1.92. The Morgan fingerprint density at radius 3 is 2.78 bits per heavy atom. The van der Waals surface area contributed by atoms with Crippen LogP contribution in [0.25, 0.3) is 10.3 Å². The second kappa shape index (κ2) is 9.79. The molecule has 0 amide bonds. The first-order chi connectivity index (χ1) is 15.4. The van der Waals surface area contributed by atoms with E-state index in [1.807, 2.05) is 54.2 Å². The quantitative estimate of drug-likeness (QED) is 0.490. The first-order valence-corrected chi connectivity index (χ1v) is 11.7. The summed E-state index contributed by atoms with van der Waals surface area (Å²) in [5.74, 6) is 0.221. The zero-order valence-corrected chi connectivity index (χ0v) is 19.6. The number of hydrogen-bond acceptors (Lipinski definition) is 8. The summed E-state index contributed by atoms with van der Waals surface area (Å²) in [4.78, 5) is 39.6. The number of Topliss-reactive ketones (excluding diaryl/α,β-unsaturated/α-hetero) is 1. The molecule has 1 aromatic carbocycles. The summed E-state index contributed by atoms with van der Waals surface area (Å²) in [7, 11) is 5.56. The maximum absolute atomic E-state index is 13.0. The fourth-order valence-corrected chi connectivity index (χ4v) is 4.90. The number of hydrogen-bond donors (Lipinski definition) is 0. The van der Waals surface area contributed by atoms with Crippen molar-refractivity contribution in [1.82, 2.24) is 19.4 Å². The Morgan fingerprint density at radius 2 is 2.03 bits per heavy atom. The Morgan fingerprint density at radius 1 is 1.25 bits per heavy atom. The molecule has 1 aliphatic heterocycles. The number of ether oxygens (including phenoxy) is 1. The van der Waals surface area contributed by atoms with Crippen LogP contribution in [0.15, 0.2) is 35.1 Å². The smallest absolute Gasteiger partial charge is 0.300 e. The molecule has 0 unspecified atom stereocenters. The molecule has 1 saturated heterocycles.